The van der Waals surface area contributed by atoms with Gasteiger partial charge in [-0.25, -0.2) is 0 Å². The van der Waals surface area contributed by atoms with Crippen molar-refractivity contribution >= 4 is 103 Å². The molecular formula is C47H48N10P2. The van der Waals surface area contributed by atoms with Crippen molar-refractivity contribution in [2.24, 2.45) is 0 Å². The first-order valence-corrected chi connectivity index (χ1v) is 25.2. The Labute approximate surface area is 346 Å². The fourth-order valence-corrected chi connectivity index (χ4v) is 19.3. The van der Waals surface area contributed by atoms with Crippen LogP contribution < -0.4 is 31.0 Å². The molecule has 0 saturated heterocycles. The first-order valence-electron chi connectivity index (χ1n) is 21.2. The Bertz CT molecular complexity index is 2730. The van der Waals surface area contributed by atoms with Crippen LogP contribution in [-0.2, 0) is 0 Å². The Balaban J connectivity index is 1.33. The van der Waals surface area contributed by atoms with E-state index in [1.54, 1.807) is 25.3 Å². The van der Waals surface area contributed by atoms with E-state index in [2.05, 4.69) is 99.0 Å². The normalized spacial score (nSPS) is 19.4. The summed E-state index contributed by atoms with van der Waals surface area (Å²) in [5.41, 5.74) is 9.80. The van der Waals surface area contributed by atoms with Crippen LogP contribution in [0.4, 0.5) is 22.7 Å². The van der Waals surface area contributed by atoms with Crippen molar-refractivity contribution in [1.29, 1.82) is 0 Å². The van der Waals surface area contributed by atoms with E-state index in [4.69, 9.17) is 19.9 Å². The molecule has 0 spiro atoms. The topological polar surface area (TPSA) is 110 Å². The number of benzene rings is 4. The molecule has 10 nitrogen and oxygen atoms in total. The van der Waals surface area contributed by atoms with Gasteiger partial charge in [0.25, 0.3) is 0 Å². The van der Waals surface area contributed by atoms with Crippen molar-refractivity contribution in [2.75, 3.05) is 30.6 Å². The molecule has 4 aromatic heterocycles. The van der Waals surface area contributed by atoms with Crippen LogP contribution in [0.3, 0.4) is 0 Å². The number of hydrogen-bond donors (Lipinski definition) is 0. The Morgan fingerprint density at radius 1 is 0.475 bits per heavy atom. The molecule has 3 aliphatic rings. The monoisotopic (exact) mass is 814 g/mol. The number of hydrogen-bond acceptors (Lipinski definition) is 10. The molecule has 0 N–H and O–H groups in total. The standard InChI is InChI=1S/C47H48N10P2/c1-56-40-14-30-22-48-26-52-36(30)18-44(40)58(34-10-6-4-7-11-34)45-19-37-31(23-49-27-53-37)15-41(45)57(2)43-17-33-25-51-29-55-39(33)21-47(43)59(3,35-12-8-5-9-13-35)46-20-38-32(16-42(46)56)24-50-28-54-38/h14-29,34-35,59H,4-13H2,1-3H3. The second kappa shape index (κ2) is 14.8. The molecule has 11 rings (SSSR count). The summed E-state index contributed by atoms with van der Waals surface area (Å²) in [6.07, 6.45) is 27.0. The van der Waals surface area contributed by atoms with Gasteiger partial charge in [0.15, 0.2) is 0 Å². The van der Waals surface area contributed by atoms with Gasteiger partial charge in [-0.05, 0) is 0 Å². The second-order valence-electron chi connectivity index (χ2n) is 17.1. The molecular weight excluding hydrogens is 767 g/mol. The molecule has 0 radical (unpaired) electrons. The average molecular weight is 815 g/mol. The third kappa shape index (κ3) is 6.13. The summed E-state index contributed by atoms with van der Waals surface area (Å²) in [5.74, 6) is 0. The third-order valence-electron chi connectivity index (χ3n) is 13.9. The molecule has 4 aromatic carbocycles. The molecule has 12 heteroatoms. The fraction of sp³-hybridized carbons (Fsp3) is 0.319. The van der Waals surface area contributed by atoms with Crippen molar-refractivity contribution < 1.29 is 0 Å². The molecule has 0 unspecified atom stereocenters. The van der Waals surface area contributed by atoms with Crippen LogP contribution in [0, 0.1) is 0 Å². The van der Waals surface area contributed by atoms with Gasteiger partial charge < -0.3 is 0 Å². The molecule has 296 valence electrons. The average Bonchev–Trinajstić information content (AvgIpc) is 3.30. The molecule has 2 aliphatic carbocycles. The first-order chi connectivity index (χ1) is 29.0. The summed E-state index contributed by atoms with van der Waals surface area (Å²) in [6, 6.07) is 19.2. The number of aromatic nitrogens is 8. The zero-order valence-electron chi connectivity index (χ0n) is 33.9. The van der Waals surface area contributed by atoms with E-state index in [9.17, 15) is 0 Å². The van der Waals surface area contributed by atoms with Crippen molar-refractivity contribution in [3.8, 4) is 0 Å². The van der Waals surface area contributed by atoms with E-state index < -0.39 is 15.2 Å². The van der Waals surface area contributed by atoms with Gasteiger partial charge in [-0.3, -0.25) is 0 Å². The van der Waals surface area contributed by atoms with Gasteiger partial charge in [0.2, 0.25) is 0 Å². The summed E-state index contributed by atoms with van der Waals surface area (Å²) in [7, 11) is 0.940. The zero-order valence-corrected chi connectivity index (χ0v) is 35.8. The molecule has 2 fully saturated rings. The van der Waals surface area contributed by atoms with E-state index in [0.717, 1.165) is 43.6 Å². The summed E-state index contributed by atoms with van der Waals surface area (Å²) in [4.78, 5) is 42.8. The minimum atomic E-state index is -2.72. The predicted molar refractivity (Wildman–Crippen MR) is 248 cm³/mol. The maximum absolute atomic E-state index is 4.93. The molecule has 59 heavy (non-hydrogen) atoms. The molecule has 8 aromatic rings. The Hall–Kier alpha value is -5.30. The first kappa shape index (κ1) is 36.8. The van der Waals surface area contributed by atoms with E-state index in [0.29, 0.717) is 11.3 Å². The summed E-state index contributed by atoms with van der Waals surface area (Å²) in [6.45, 7) is 2.65. The SMILES string of the molecule is CN1c2cc3cncnc3cc2P(C2CCCCC2)c2cc3ncncc3cc2N(C)c2cc3cncnc3cc2[PH](C)(C2CCCCC2)c2cc3ncncc3cc21. The predicted octanol–water partition coefficient (Wildman–Crippen LogP) is 8.74. The quantitative estimate of drug-likeness (QED) is 0.157. The number of nitrogens with zero attached hydrogens (tertiary/aromatic N) is 10. The van der Waals surface area contributed by atoms with E-state index in [1.807, 2.05) is 24.8 Å². The third-order valence-corrected chi connectivity index (χ3v) is 22.1. The van der Waals surface area contributed by atoms with Crippen molar-refractivity contribution in [3.05, 3.63) is 98.6 Å². The molecule has 0 atom stereocenters. The van der Waals surface area contributed by atoms with Crippen LogP contribution in [0.25, 0.3) is 43.6 Å². The van der Waals surface area contributed by atoms with Crippen LogP contribution in [-0.4, -0.2) is 71.9 Å². The van der Waals surface area contributed by atoms with Crippen LogP contribution in [0.5, 0.6) is 0 Å². The summed E-state index contributed by atoms with van der Waals surface area (Å²) < 4.78 is 0. The van der Waals surface area contributed by atoms with Gasteiger partial charge in [-0.2, -0.15) is 0 Å². The number of rotatable bonds is 2. The number of fused-ring (bicyclic) bond motifs is 8. The van der Waals surface area contributed by atoms with Crippen LogP contribution >= 0.6 is 15.2 Å². The summed E-state index contributed by atoms with van der Waals surface area (Å²) in [5, 5.41) is 9.71. The van der Waals surface area contributed by atoms with E-state index >= 15 is 0 Å². The van der Waals surface area contributed by atoms with Crippen molar-refractivity contribution in [3.63, 3.8) is 0 Å². The summed E-state index contributed by atoms with van der Waals surface area (Å²) >= 11 is 0. The molecule has 1 aliphatic heterocycles. The van der Waals surface area contributed by atoms with Crippen molar-refractivity contribution in [1.82, 2.24) is 39.9 Å². The Kier molecular flexibility index (Phi) is 9.19. The maximum atomic E-state index is 4.93. The Morgan fingerprint density at radius 3 is 1.27 bits per heavy atom. The molecule has 2 saturated carbocycles. The van der Waals surface area contributed by atoms with Gasteiger partial charge in [-0.1, -0.05) is 0 Å². The van der Waals surface area contributed by atoms with Crippen LogP contribution in [0.1, 0.15) is 64.2 Å². The van der Waals surface area contributed by atoms with Crippen LogP contribution in [0.2, 0.25) is 0 Å². The molecule has 0 amide bonds. The van der Waals surface area contributed by atoms with E-state index in [1.165, 1.54) is 108 Å². The van der Waals surface area contributed by atoms with Gasteiger partial charge in [0.1, 0.15) is 0 Å². The van der Waals surface area contributed by atoms with Crippen LogP contribution in [0.15, 0.2) is 98.6 Å². The van der Waals surface area contributed by atoms with Gasteiger partial charge in [0.05, 0.1) is 0 Å². The zero-order chi connectivity index (χ0) is 39.7. The fourth-order valence-electron chi connectivity index (χ4n) is 10.7. The van der Waals surface area contributed by atoms with Gasteiger partial charge in [-0.15, -0.1) is 0 Å². The van der Waals surface area contributed by atoms with Crippen molar-refractivity contribution in [2.45, 2.75) is 75.5 Å². The van der Waals surface area contributed by atoms with E-state index in [-0.39, 0.29) is 0 Å². The van der Waals surface area contributed by atoms with Gasteiger partial charge >= 0.3 is 347 Å². The number of anilines is 4. The molecule has 0 bridgehead atoms. The Morgan fingerprint density at radius 2 is 0.847 bits per heavy atom. The van der Waals surface area contributed by atoms with Gasteiger partial charge in [0, 0.05) is 0 Å². The minimum absolute atomic E-state index is 0.482. The molecule has 5 heterocycles. The second-order valence-corrected chi connectivity index (χ2v) is 23.8.